The SMILES string of the molecule is COc1cc(N2CCCN(C)CC2)ccc1Nc1cc2c(Nc3cccc(F)c3C(N)=O)cncc2[nH]1. The monoisotopic (exact) mass is 503 g/mol. The maximum Gasteiger partial charge on any atom is 0.253 e. The Kier molecular flexibility index (Phi) is 6.82. The number of amides is 1. The van der Waals surface area contributed by atoms with Crippen LogP contribution >= 0.6 is 0 Å². The number of pyridine rings is 1. The number of ether oxygens (including phenoxy) is 1. The van der Waals surface area contributed by atoms with E-state index in [0.29, 0.717) is 5.69 Å². The van der Waals surface area contributed by atoms with Crippen molar-refractivity contribution in [3.63, 3.8) is 0 Å². The molecular weight excluding hydrogens is 473 g/mol. The molecule has 10 heteroatoms. The zero-order valence-electron chi connectivity index (χ0n) is 20.8. The molecule has 0 spiro atoms. The number of nitrogens with zero attached hydrogens (tertiary/aromatic N) is 3. The third-order valence-corrected chi connectivity index (χ3v) is 6.61. The first-order chi connectivity index (χ1) is 17.9. The molecule has 0 atom stereocenters. The van der Waals surface area contributed by atoms with Gasteiger partial charge in [-0.2, -0.15) is 0 Å². The smallest absolute Gasteiger partial charge is 0.253 e. The highest BCUT2D eigenvalue weighted by Gasteiger charge is 2.17. The van der Waals surface area contributed by atoms with Crippen LogP contribution in [0.4, 0.5) is 33.0 Å². The van der Waals surface area contributed by atoms with E-state index in [0.717, 1.165) is 66.4 Å². The molecule has 0 aliphatic carbocycles. The Bertz CT molecular complexity index is 1440. The van der Waals surface area contributed by atoms with Gasteiger partial charge in [-0.1, -0.05) is 6.07 Å². The highest BCUT2D eigenvalue weighted by molar-refractivity contribution is 6.02. The molecular formula is C27H30FN7O2. The molecule has 0 saturated carbocycles. The summed E-state index contributed by atoms with van der Waals surface area (Å²) in [4.78, 5) is 24.1. The number of fused-ring (bicyclic) bond motifs is 1. The maximum atomic E-state index is 14.2. The Hall–Kier alpha value is -4.31. The van der Waals surface area contributed by atoms with Crippen molar-refractivity contribution in [2.75, 3.05) is 55.9 Å². The molecule has 5 N–H and O–H groups in total. The van der Waals surface area contributed by atoms with Gasteiger partial charge < -0.3 is 35.9 Å². The summed E-state index contributed by atoms with van der Waals surface area (Å²) in [7, 11) is 3.82. The Labute approximate surface area is 214 Å². The van der Waals surface area contributed by atoms with Gasteiger partial charge >= 0.3 is 0 Å². The molecule has 0 unspecified atom stereocenters. The van der Waals surface area contributed by atoms with Crippen LogP contribution in [0, 0.1) is 5.82 Å². The third kappa shape index (κ3) is 5.14. The fourth-order valence-corrected chi connectivity index (χ4v) is 4.67. The quantitative estimate of drug-likeness (QED) is 0.295. The van der Waals surface area contributed by atoms with Crippen molar-refractivity contribution in [3.05, 3.63) is 66.2 Å². The van der Waals surface area contributed by atoms with Crippen molar-refractivity contribution in [2.24, 2.45) is 5.73 Å². The molecule has 1 saturated heterocycles. The number of H-pyrrole nitrogens is 1. The first-order valence-corrected chi connectivity index (χ1v) is 12.1. The van der Waals surface area contributed by atoms with Crippen LogP contribution in [-0.2, 0) is 0 Å². The second-order valence-corrected chi connectivity index (χ2v) is 9.14. The fourth-order valence-electron chi connectivity index (χ4n) is 4.67. The van der Waals surface area contributed by atoms with Crippen molar-refractivity contribution >= 4 is 45.4 Å². The van der Waals surface area contributed by atoms with Crippen LogP contribution in [0.3, 0.4) is 0 Å². The van der Waals surface area contributed by atoms with Crippen LogP contribution < -0.4 is 26.0 Å². The van der Waals surface area contributed by atoms with E-state index in [1.54, 1.807) is 25.6 Å². The number of carbonyl (C=O) groups is 1. The molecule has 0 bridgehead atoms. The largest absolute Gasteiger partial charge is 0.494 e. The molecule has 192 valence electrons. The molecule has 3 heterocycles. The summed E-state index contributed by atoms with van der Waals surface area (Å²) in [5.74, 6) is -0.0735. The van der Waals surface area contributed by atoms with Gasteiger partial charge in [0, 0.05) is 36.8 Å². The zero-order valence-corrected chi connectivity index (χ0v) is 20.8. The lowest BCUT2D eigenvalue weighted by Gasteiger charge is -2.24. The summed E-state index contributed by atoms with van der Waals surface area (Å²) in [6, 6.07) is 12.4. The van der Waals surface area contributed by atoms with E-state index in [1.807, 2.05) is 12.1 Å². The Morgan fingerprint density at radius 1 is 1.05 bits per heavy atom. The summed E-state index contributed by atoms with van der Waals surface area (Å²) >= 11 is 0. The number of hydrogen-bond acceptors (Lipinski definition) is 7. The zero-order chi connectivity index (χ0) is 25.9. The van der Waals surface area contributed by atoms with Crippen molar-refractivity contribution < 1.29 is 13.9 Å². The molecule has 2 aromatic heterocycles. The predicted octanol–water partition coefficient (Wildman–Crippen LogP) is 4.44. The molecule has 0 radical (unpaired) electrons. The molecule has 1 aliphatic rings. The molecule has 1 aliphatic heterocycles. The van der Waals surface area contributed by atoms with E-state index in [2.05, 4.69) is 49.6 Å². The predicted molar refractivity (Wildman–Crippen MR) is 145 cm³/mol. The van der Waals surface area contributed by atoms with Gasteiger partial charge in [0.05, 0.1) is 47.6 Å². The lowest BCUT2D eigenvalue weighted by atomic mass is 10.1. The average Bonchev–Trinajstić information content (AvgIpc) is 3.17. The number of benzene rings is 2. The molecule has 4 aromatic rings. The number of likely N-dealkylation sites (N-methyl/N-ethyl adjacent to an activating group) is 1. The Balaban J connectivity index is 1.41. The number of carbonyl (C=O) groups excluding carboxylic acids is 1. The Morgan fingerprint density at radius 2 is 1.92 bits per heavy atom. The van der Waals surface area contributed by atoms with E-state index in [4.69, 9.17) is 10.5 Å². The van der Waals surface area contributed by atoms with Gasteiger partial charge in [-0.05, 0) is 50.3 Å². The van der Waals surface area contributed by atoms with E-state index >= 15 is 0 Å². The minimum absolute atomic E-state index is 0.200. The number of rotatable bonds is 7. The van der Waals surface area contributed by atoms with E-state index in [1.165, 1.54) is 12.1 Å². The van der Waals surface area contributed by atoms with Gasteiger partial charge in [0.15, 0.2) is 0 Å². The fraction of sp³-hybridized carbons (Fsp3) is 0.259. The van der Waals surface area contributed by atoms with Crippen molar-refractivity contribution in [1.29, 1.82) is 0 Å². The van der Waals surface area contributed by atoms with Gasteiger partial charge in [0.1, 0.15) is 17.4 Å². The first kappa shape index (κ1) is 24.4. The van der Waals surface area contributed by atoms with Gasteiger partial charge in [0.2, 0.25) is 0 Å². The van der Waals surface area contributed by atoms with Gasteiger partial charge in [-0.25, -0.2) is 4.39 Å². The van der Waals surface area contributed by atoms with Crippen LogP contribution in [0.2, 0.25) is 0 Å². The maximum absolute atomic E-state index is 14.2. The topological polar surface area (TPSA) is 112 Å². The van der Waals surface area contributed by atoms with Crippen LogP contribution in [0.25, 0.3) is 10.9 Å². The molecule has 1 amide bonds. The van der Waals surface area contributed by atoms with Gasteiger partial charge in [-0.15, -0.1) is 0 Å². The molecule has 5 rings (SSSR count). The normalized spacial score (nSPS) is 14.4. The number of aromatic nitrogens is 2. The van der Waals surface area contributed by atoms with Gasteiger partial charge in [-0.3, -0.25) is 9.78 Å². The number of nitrogens with two attached hydrogens (primary N) is 1. The summed E-state index contributed by atoms with van der Waals surface area (Å²) in [6.07, 6.45) is 4.43. The second kappa shape index (κ2) is 10.4. The molecule has 37 heavy (non-hydrogen) atoms. The van der Waals surface area contributed by atoms with Crippen LogP contribution in [0.15, 0.2) is 54.9 Å². The second-order valence-electron chi connectivity index (χ2n) is 9.14. The average molecular weight is 504 g/mol. The van der Waals surface area contributed by atoms with Crippen LogP contribution in [-0.4, -0.2) is 61.1 Å². The van der Waals surface area contributed by atoms with Crippen molar-refractivity contribution in [3.8, 4) is 5.75 Å². The summed E-state index contributed by atoms with van der Waals surface area (Å²) in [5.41, 5.74) is 8.78. The summed E-state index contributed by atoms with van der Waals surface area (Å²) in [5, 5.41) is 7.31. The first-order valence-electron chi connectivity index (χ1n) is 12.1. The lowest BCUT2D eigenvalue weighted by Crippen LogP contribution is -2.28. The number of hydrogen-bond donors (Lipinski definition) is 4. The highest BCUT2D eigenvalue weighted by Crippen LogP contribution is 2.35. The number of halogens is 1. The lowest BCUT2D eigenvalue weighted by molar-refractivity contribution is 0.0997. The van der Waals surface area contributed by atoms with E-state index in [9.17, 15) is 9.18 Å². The van der Waals surface area contributed by atoms with Gasteiger partial charge in [0.25, 0.3) is 5.91 Å². The number of anilines is 5. The number of nitrogens with one attached hydrogen (secondary N) is 3. The minimum atomic E-state index is -0.847. The standard InChI is InChI=1S/C27H30FN7O2/c1-34-9-4-10-35(12-11-34)17-7-8-20(24(13-17)37-2)32-25-14-18-22(15-30-16-23(18)33-25)31-21-6-3-5-19(28)26(21)27(29)36/h3,5-8,13-16,31-33H,4,9-12H2,1-2H3,(H2,29,36). The Morgan fingerprint density at radius 3 is 2.73 bits per heavy atom. The van der Waals surface area contributed by atoms with E-state index < -0.39 is 11.7 Å². The number of aromatic amines is 1. The van der Waals surface area contributed by atoms with Crippen molar-refractivity contribution in [1.82, 2.24) is 14.9 Å². The molecule has 2 aromatic carbocycles. The highest BCUT2D eigenvalue weighted by atomic mass is 19.1. The van der Waals surface area contributed by atoms with Crippen LogP contribution in [0.1, 0.15) is 16.8 Å². The summed E-state index contributed by atoms with van der Waals surface area (Å²) in [6.45, 7) is 4.11. The molecule has 9 nitrogen and oxygen atoms in total. The molecule has 1 fully saturated rings. The third-order valence-electron chi connectivity index (χ3n) is 6.61. The summed E-state index contributed by atoms with van der Waals surface area (Å²) < 4.78 is 19.9. The van der Waals surface area contributed by atoms with Crippen molar-refractivity contribution in [2.45, 2.75) is 6.42 Å². The number of methoxy groups -OCH3 is 1. The van der Waals surface area contributed by atoms with Crippen LogP contribution in [0.5, 0.6) is 5.75 Å². The number of primary amides is 1. The van der Waals surface area contributed by atoms with E-state index in [-0.39, 0.29) is 11.3 Å². The minimum Gasteiger partial charge on any atom is -0.494 e.